The lowest BCUT2D eigenvalue weighted by molar-refractivity contribution is 0.126. The molecule has 0 spiro atoms. The maximum absolute atomic E-state index is 9.65. The molecule has 25 heavy (non-hydrogen) atoms. The Bertz CT molecular complexity index is 751. The molecule has 2 fully saturated rings. The lowest BCUT2D eigenvalue weighted by Crippen LogP contribution is -2.28. The van der Waals surface area contributed by atoms with Gasteiger partial charge in [-0.05, 0) is 58.4 Å². The molecule has 0 bridgehead atoms. The maximum Gasteiger partial charge on any atom is 0.223 e. The van der Waals surface area contributed by atoms with Crippen molar-refractivity contribution in [3.8, 4) is 0 Å². The van der Waals surface area contributed by atoms with Gasteiger partial charge in [-0.25, -0.2) is 15.0 Å². The van der Waals surface area contributed by atoms with Crippen molar-refractivity contribution in [3.05, 3.63) is 18.0 Å². The Labute approximate surface area is 148 Å². The van der Waals surface area contributed by atoms with Crippen LogP contribution in [-0.4, -0.2) is 38.2 Å². The highest BCUT2D eigenvalue weighted by Gasteiger charge is 2.26. The molecule has 0 radical (unpaired) electrons. The molecule has 2 heterocycles. The van der Waals surface area contributed by atoms with Crippen molar-refractivity contribution in [2.24, 2.45) is 0 Å². The highest BCUT2D eigenvalue weighted by atomic mass is 16.3. The van der Waals surface area contributed by atoms with Crippen LogP contribution in [0.25, 0.3) is 10.9 Å². The number of fused-ring (bicyclic) bond motifs is 1. The van der Waals surface area contributed by atoms with E-state index in [1.165, 1.54) is 12.8 Å². The number of nitrogens with one attached hydrogen (secondary N) is 2. The van der Waals surface area contributed by atoms with E-state index in [1.54, 1.807) is 0 Å². The van der Waals surface area contributed by atoms with Crippen molar-refractivity contribution in [1.82, 2.24) is 15.0 Å². The molecule has 0 aromatic carbocycles. The zero-order chi connectivity index (χ0) is 17.4. The quantitative estimate of drug-likeness (QED) is 0.773. The number of hydrogen-bond acceptors (Lipinski definition) is 6. The number of rotatable bonds is 5. The molecule has 0 amide bonds. The number of nitrogens with zero attached hydrogens (tertiary/aromatic N) is 3. The lowest BCUT2D eigenvalue weighted by Gasteiger charge is -2.26. The average molecular weight is 341 g/mol. The predicted molar refractivity (Wildman–Crippen MR) is 100.0 cm³/mol. The van der Waals surface area contributed by atoms with Gasteiger partial charge in [0.1, 0.15) is 5.52 Å². The largest absolute Gasteiger partial charge is 0.393 e. The van der Waals surface area contributed by atoms with Crippen molar-refractivity contribution in [3.63, 3.8) is 0 Å². The van der Waals surface area contributed by atoms with Gasteiger partial charge in [0, 0.05) is 35.3 Å². The Kier molecular flexibility index (Phi) is 4.46. The molecule has 2 aliphatic carbocycles. The summed E-state index contributed by atoms with van der Waals surface area (Å²) in [4.78, 5) is 14.1. The highest BCUT2D eigenvalue weighted by molar-refractivity contribution is 5.89. The summed E-state index contributed by atoms with van der Waals surface area (Å²) in [5, 5.41) is 17.6. The summed E-state index contributed by atoms with van der Waals surface area (Å²) in [5.41, 5.74) is 2.03. The van der Waals surface area contributed by atoms with E-state index in [0.29, 0.717) is 23.9 Å². The fraction of sp³-hybridized carbons (Fsp3) is 0.632. The molecule has 4 rings (SSSR count). The monoisotopic (exact) mass is 341 g/mol. The van der Waals surface area contributed by atoms with Crippen molar-refractivity contribution in [2.45, 2.75) is 76.5 Å². The summed E-state index contributed by atoms with van der Waals surface area (Å²) in [6.07, 6.45) is 7.82. The first-order valence-electron chi connectivity index (χ1n) is 9.47. The summed E-state index contributed by atoms with van der Waals surface area (Å²) in [6.45, 7) is 4.23. The van der Waals surface area contributed by atoms with Gasteiger partial charge in [-0.1, -0.05) is 0 Å². The molecular formula is C19H27N5O. The van der Waals surface area contributed by atoms with Crippen LogP contribution < -0.4 is 10.6 Å². The van der Waals surface area contributed by atoms with Gasteiger partial charge in [0.25, 0.3) is 0 Å². The van der Waals surface area contributed by atoms with Crippen LogP contribution in [0.1, 0.15) is 64.0 Å². The molecule has 3 N–H and O–H groups in total. The summed E-state index contributed by atoms with van der Waals surface area (Å²) in [5.74, 6) is 2.11. The molecule has 0 unspecified atom stereocenters. The van der Waals surface area contributed by atoms with Crippen LogP contribution in [0.3, 0.4) is 0 Å². The number of hydrogen-bond donors (Lipinski definition) is 3. The number of aliphatic hydroxyl groups excluding tert-OH is 1. The third-order valence-electron chi connectivity index (χ3n) is 5.04. The Hall–Kier alpha value is -1.95. The summed E-state index contributed by atoms with van der Waals surface area (Å²) in [7, 11) is 0. The standard InChI is InChI=1S/C19H27N5O/c1-11(2)21-18-17-13(9-16(23-18)12-3-4-12)10-20-19(24-17)22-14-5-7-15(25)8-6-14/h9-12,14-15,25H,3-8H2,1-2H3,(H,21,23)(H,20,22,24)/t14-,15-. The van der Waals surface area contributed by atoms with Gasteiger partial charge < -0.3 is 15.7 Å². The molecule has 0 atom stereocenters. The molecule has 2 aromatic heterocycles. The highest BCUT2D eigenvalue weighted by Crippen LogP contribution is 2.40. The van der Waals surface area contributed by atoms with E-state index in [2.05, 4.69) is 35.5 Å². The summed E-state index contributed by atoms with van der Waals surface area (Å²) in [6, 6.07) is 2.77. The van der Waals surface area contributed by atoms with Crippen LogP contribution in [0, 0.1) is 0 Å². The van der Waals surface area contributed by atoms with Gasteiger partial charge >= 0.3 is 0 Å². The Morgan fingerprint density at radius 3 is 2.52 bits per heavy atom. The van der Waals surface area contributed by atoms with Crippen LogP contribution in [0.5, 0.6) is 0 Å². The van der Waals surface area contributed by atoms with Crippen LogP contribution >= 0.6 is 0 Å². The first kappa shape index (κ1) is 16.5. The minimum atomic E-state index is -0.150. The Balaban J connectivity index is 1.62. The zero-order valence-corrected chi connectivity index (χ0v) is 15.0. The summed E-state index contributed by atoms with van der Waals surface area (Å²) >= 11 is 0. The topological polar surface area (TPSA) is 83.0 Å². The second-order valence-corrected chi connectivity index (χ2v) is 7.75. The van der Waals surface area contributed by atoms with E-state index in [-0.39, 0.29) is 6.10 Å². The second kappa shape index (κ2) is 6.75. The van der Waals surface area contributed by atoms with E-state index in [4.69, 9.17) is 9.97 Å². The van der Waals surface area contributed by atoms with Crippen molar-refractivity contribution in [2.75, 3.05) is 10.6 Å². The van der Waals surface area contributed by atoms with E-state index >= 15 is 0 Å². The fourth-order valence-corrected chi connectivity index (χ4v) is 3.49. The van der Waals surface area contributed by atoms with E-state index in [0.717, 1.165) is 48.1 Å². The van der Waals surface area contributed by atoms with Gasteiger partial charge in [-0.15, -0.1) is 0 Å². The van der Waals surface area contributed by atoms with Crippen LogP contribution in [0.2, 0.25) is 0 Å². The van der Waals surface area contributed by atoms with Crippen molar-refractivity contribution >= 4 is 22.7 Å². The Morgan fingerprint density at radius 1 is 1.08 bits per heavy atom. The van der Waals surface area contributed by atoms with Crippen LogP contribution in [0.4, 0.5) is 11.8 Å². The van der Waals surface area contributed by atoms with Crippen LogP contribution in [0.15, 0.2) is 12.3 Å². The van der Waals surface area contributed by atoms with Crippen molar-refractivity contribution in [1.29, 1.82) is 0 Å². The number of aliphatic hydroxyl groups is 1. The van der Waals surface area contributed by atoms with Crippen LogP contribution in [-0.2, 0) is 0 Å². The van der Waals surface area contributed by atoms with Gasteiger partial charge in [-0.3, -0.25) is 0 Å². The molecule has 2 saturated carbocycles. The molecular weight excluding hydrogens is 314 g/mol. The second-order valence-electron chi connectivity index (χ2n) is 7.75. The number of pyridine rings is 1. The first-order valence-corrected chi connectivity index (χ1v) is 9.47. The summed E-state index contributed by atoms with van der Waals surface area (Å²) < 4.78 is 0. The normalized spacial score (nSPS) is 23.8. The first-order chi connectivity index (χ1) is 12.1. The molecule has 6 nitrogen and oxygen atoms in total. The third kappa shape index (κ3) is 3.84. The molecule has 2 aliphatic rings. The van der Waals surface area contributed by atoms with E-state index in [9.17, 15) is 5.11 Å². The van der Waals surface area contributed by atoms with Gasteiger partial charge in [0.15, 0.2) is 5.82 Å². The molecule has 2 aromatic rings. The fourth-order valence-electron chi connectivity index (χ4n) is 3.49. The molecule has 0 aliphatic heterocycles. The average Bonchev–Trinajstić information content (AvgIpc) is 3.42. The van der Waals surface area contributed by atoms with Gasteiger partial charge in [0.05, 0.1) is 6.10 Å². The van der Waals surface area contributed by atoms with E-state index in [1.807, 2.05) is 6.20 Å². The predicted octanol–water partition coefficient (Wildman–Crippen LogP) is 3.44. The molecule has 6 heteroatoms. The van der Waals surface area contributed by atoms with E-state index < -0.39 is 0 Å². The van der Waals surface area contributed by atoms with Crippen molar-refractivity contribution < 1.29 is 5.11 Å². The smallest absolute Gasteiger partial charge is 0.223 e. The van der Waals surface area contributed by atoms with Gasteiger partial charge in [-0.2, -0.15) is 0 Å². The number of aromatic nitrogens is 3. The third-order valence-corrected chi connectivity index (χ3v) is 5.04. The molecule has 134 valence electrons. The molecule has 0 saturated heterocycles. The SMILES string of the molecule is CC(C)Nc1nc(C2CC2)cc2cnc(N[C@H]3CC[C@H](O)CC3)nc12. The minimum absolute atomic E-state index is 0.150. The van der Waals surface area contributed by atoms with Gasteiger partial charge in [0.2, 0.25) is 5.95 Å². The zero-order valence-electron chi connectivity index (χ0n) is 15.0. The Morgan fingerprint density at radius 2 is 1.84 bits per heavy atom. The lowest BCUT2D eigenvalue weighted by atomic mass is 9.93. The number of anilines is 2. The maximum atomic E-state index is 9.65. The minimum Gasteiger partial charge on any atom is -0.393 e.